The summed E-state index contributed by atoms with van der Waals surface area (Å²) in [6, 6.07) is 7.81. The lowest BCUT2D eigenvalue weighted by molar-refractivity contribution is -0.155. The third-order valence-electron chi connectivity index (χ3n) is 3.17. The molecule has 0 aliphatic heterocycles. The monoisotopic (exact) mass is 272 g/mol. The minimum Gasteiger partial charge on any atom is -0.460 e. The van der Waals surface area contributed by atoms with Crippen molar-refractivity contribution in [3.05, 3.63) is 41.5 Å². The van der Waals surface area contributed by atoms with Crippen LogP contribution in [0.1, 0.15) is 50.7 Å². The van der Waals surface area contributed by atoms with Crippen molar-refractivity contribution in [2.45, 2.75) is 45.1 Å². The first-order chi connectivity index (χ1) is 9.35. The summed E-state index contributed by atoms with van der Waals surface area (Å²) in [4.78, 5) is 23.8. The average Bonchev–Trinajstić information content (AvgIpc) is 2.47. The molecule has 0 bridgehead atoms. The Bertz CT molecular complexity index is 550. The van der Waals surface area contributed by atoms with E-state index in [9.17, 15) is 9.59 Å². The molecule has 1 unspecified atom stereocenters. The first-order valence-electron chi connectivity index (χ1n) is 6.87. The van der Waals surface area contributed by atoms with Crippen LogP contribution in [0, 0.1) is 0 Å². The van der Waals surface area contributed by atoms with Gasteiger partial charge in [-0.2, -0.15) is 0 Å². The van der Waals surface area contributed by atoms with E-state index in [0.29, 0.717) is 6.42 Å². The molecule has 3 heteroatoms. The molecule has 1 aromatic rings. The van der Waals surface area contributed by atoms with Gasteiger partial charge in [-0.15, -0.1) is 0 Å². The van der Waals surface area contributed by atoms with Gasteiger partial charge in [0.25, 0.3) is 0 Å². The van der Waals surface area contributed by atoms with Crippen molar-refractivity contribution in [1.29, 1.82) is 0 Å². The highest BCUT2D eigenvalue weighted by atomic mass is 16.6. The van der Waals surface area contributed by atoms with Crippen LogP contribution in [0.5, 0.6) is 0 Å². The van der Waals surface area contributed by atoms with Crippen molar-refractivity contribution in [3.8, 4) is 0 Å². The third kappa shape index (κ3) is 3.80. The van der Waals surface area contributed by atoms with E-state index < -0.39 is 5.60 Å². The van der Waals surface area contributed by atoms with Crippen LogP contribution in [0.3, 0.4) is 0 Å². The minimum absolute atomic E-state index is 0.0507. The molecule has 0 N–H and O–H groups in total. The molecule has 20 heavy (non-hydrogen) atoms. The fourth-order valence-corrected chi connectivity index (χ4v) is 2.40. The number of allylic oxidation sites excluding steroid dienone is 1. The minimum atomic E-state index is -0.496. The Morgan fingerprint density at radius 2 is 1.95 bits per heavy atom. The summed E-state index contributed by atoms with van der Waals surface area (Å²) in [6.07, 6.45) is 4.01. The van der Waals surface area contributed by atoms with Crippen molar-refractivity contribution >= 4 is 17.8 Å². The molecule has 1 aliphatic rings. The predicted molar refractivity (Wildman–Crippen MR) is 78.3 cm³/mol. The number of rotatable bonds is 2. The summed E-state index contributed by atoms with van der Waals surface area (Å²) in [5.41, 5.74) is 1.55. The van der Waals surface area contributed by atoms with E-state index >= 15 is 0 Å². The van der Waals surface area contributed by atoms with Gasteiger partial charge in [-0.25, -0.2) is 0 Å². The molecule has 3 nitrogen and oxygen atoms in total. The molecular weight excluding hydrogens is 252 g/mol. The predicted octanol–water partition coefficient (Wildman–Crippen LogP) is 3.49. The van der Waals surface area contributed by atoms with Crippen LogP contribution in [0.2, 0.25) is 0 Å². The van der Waals surface area contributed by atoms with Crippen molar-refractivity contribution in [2.24, 2.45) is 0 Å². The number of ketones is 1. The largest absolute Gasteiger partial charge is 0.460 e. The zero-order valence-electron chi connectivity index (χ0n) is 12.2. The van der Waals surface area contributed by atoms with Crippen LogP contribution in [0.25, 0.3) is 6.08 Å². The quantitative estimate of drug-likeness (QED) is 0.774. The van der Waals surface area contributed by atoms with Gasteiger partial charge in [0.05, 0.1) is 6.42 Å². The Balaban J connectivity index is 2.19. The standard InChI is InChI=1S/C17H20O3/c1-17(2,3)20-16(19)11-13-10-14(18)9-8-12-6-4-5-7-15(12)13/h4-9,13H,10-11H2,1-3H3. The molecule has 0 saturated heterocycles. The Labute approximate surface area is 119 Å². The van der Waals surface area contributed by atoms with Gasteiger partial charge in [0.15, 0.2) is 5.78 Å². The Morgan fingerprint density at radius 1 is 1.25 bits per heavy atom. The van der Waals surface area contributed by atoms with Crippen LogP contribution in [-0.2, 0) is 14.3 Å². The summed E-state index contributed by atoms with van der Waals surface area (Å²) < 4.78 is 5.36. The number of hydrogen-bond acceptors (Lipinski definition) is 3. The number of carbonyl (C=O) groups is 2. The Hall–Kier alpha value is -1.90. The molecule has 0 spiro atoms. The van der Waals surface area contributed by atoms with E-state index in [1.165, 1.54) is 0 Å². The Kier molecular flexibility index (Phi) is 4.07. The lowest BCUT2D eigenvalue weighted by Crippen LogP contribution is -2.25. The van der Waals surface area contributed by atoms with Gasteiger partial charge in [-0.05, 0) is 38.0 Å². The second kappa shape index (κ2) is 5.61. The highest BCUT2D eigenvalue weighted by Crippen LogP contribution is 2.31. The van der Waals surface area contributed by atoms with Gasteiger partial charge < -0.3 is 4.74 Å². The number of ether oxygens (including phenoxy) is 1. The van der Waals surface area contributed by atoms with Crippen molar-refractivity contribution < 1.29 is 14.3 Å². The smallest absolute Gasteiger partial charge is 0.306 e. The summed E-state index contributed by atoms with van der Waals surface area (Å²) in [5.74, 6) is -0.315. The maximum absolute atomic E-state index is 12.0. The molecule has 1 aliphatic carbocycles. The SMILES string of the molecule is CC(C)(C)OC(=O)CC1CC(=O)C=Cc2ccccc21. The maximum Gasteiger partial charge on any atom is 0.306 e. The van der Waals surface area contributed by atoms with Crippen molar-refractivity contribution in [1.82, 2.24) is 0 Å². The fourth-order valence-electron chi connectivity index (χ4n) is 2.40. The van der Waals surface area contributed by atoms with Crippen LogP contribution >= 0.6 is 0 Å². The zero-order chi connectivity index (χ0) is 14.8. The topological polar surface area (TPSA) is 43.4 Å². The highest BCUT2D eigenvalue weighted by Gasteiger charge is 2.25. The van der Waals surface area contributed by atoms with E-state index in [1.807, 2.05) is 51.1 Å². The number of hydrogen-bond donors (Lipinski definition) is 0. The Morgan fingerprint density at radius 3 is 2.65 bits per heavy atom. The summed E-state index contributed by atoms with van der Waals surface area (Å²) in [6.45, 7) is 5.54. The number of benzene rings is 1. The van der Waals surface area contributed by atoms with Crippen LogP contribution < -0.4 is 0 Å². The molecule has 1 atom stereocenters. The normalized spacial score (nSPS) is 18.4. The molecule has 2 rings (SSSR count). The number of carbonyl (C=O) groups excluding carboxylic acids is 2. The third-order valence-corrected chi connectivity index (χ3v) is 3.17. The summed E-state index contributed by atoms with van der Waals surface area (Å²) >= 11 is 0. The lowest BCUT2D eigenvalue weighted by Gasteiger charge is -2.22. The second-order valence-corrected chi connectivity index (χ2v) is 6.12. The van der Waals surface area contributed by atoms with Gasteiger partial charge >= 0.3 is 5.97 Å². The van der Waals surface area contributed by atoms with Crippen molar-refractivity contribution in [3.63, 3.8) is 0 Å². The summed E-state index contributed by atoms with van der Waals surface area (Å²) in [7, 11) is 0. The molecule has 0 fully saturated rings. The van der Waals surface area contributed by atoms with E-state index in [-0.39, 0.29) is 24.1 Å². The molecule has 106 valence electrons. The van der Waals surface area contributed by atoms with E-state index in [4.69, 9.17) is 4.74 Å². The average molecular weight is 272 g/mol. The molecule has 0 saturated carbocycles. The first kappa shape index (κ1) is 14.5. The molecule has 1 aromatic carbocycles. The van der Waals surface area contributed by atoms with Crippen LogP contribution in [-0.4, -0.2) is 17.4 Å². The summed E-state index contributed by atoms with van der Waals surface area (Å²) in [5, 5.41) is 0. The highest BCUT2D eigenvalue weighted by molar-refractivity contribution is 5.96. The fraction of sp³-hybridized carbons (Fsp3) is 0.412. The zero-order valence-corrected chi connectivity index (χ0v) is 12.2. The lowest BCUT2D eigenvalue weighted by atomic mass is 9.89. The molecule has 0 heterocycles. The first-order valence-corrected chi connectivity index (χ1v) is 6.87. The van der Waals surface area contributed by atoms with E-state index in [1.54, 1.807) is 6.08 Å². The van der Waals surface area contributed by atoms with Gasteiger partial charge in [-0.1, -0.05) is 30.3 Å². The maximum atomic E-state index is 12.0. The molecule has 0 amide bonds. The van der Waals surface area contributed by atoms with Crippen molar-refractivity contribution in [2.75, 3.05) is 0 Å². The number of fused-ring (bicyclic) bond motifs is 1. The molecular formula is C17H20O3. The van der Waals surface area contributed by atoms with E-state index in [0.717, 1.165) is 11.1 Å². The number of esters is 1. The van der Waals surface area contributed by atoms with Gasteiger partial charge in [0.2, 0.25) is 0 Å². The van der Waals surface area contributed by atoms with E-state index in [2.05, 4.69) is 0 Å². The molecule has 0 radical (unpaired) electrons. The van der Waals surface area contributed by atoms with Crippen LogP contribution in [0.15, 0.2) is 30.3 Å². The van der Waals surface area contributed by atoms with Gasteiger partial charge in [0, 0.05) is 12.3 Å². The van der Waals surface area contributed by atoms with Crippen LogP contribution in [0.4, 0.5) is 0 Å². The second-order valence-electron chi connectivity index (χ2n) is 6.12. The van der Waals surface area contributed by atoms with Gasteiger partial charge in [-0.3, -0.25) is 9.59 Å². The molecule has 0 aromatic heterocycles. The van der Waals surface area contributed by atoms with Gasteiger partial charge in [0.1, 0.15) is 5.60 Å².